The van der Waals surface area contributed by atoms with Gasteiger partial charge in [-0.1, -0.05) is 0 Å². The molecule has 3 rings (SSSR count). The van der Waals surface area contributed by atoms with Crippen LogP contribution in [0.1, 0.15) is 23.3 Å². The first-order valence-electron chi connectivity index (χ1n) is 5.99. The second kappa shape index (κ2) is 4.87. The van der Waals surface area contributed by atoms with Gasteiger partial charge in [-0.3, -0.25) is 0 Å². The summed E-state index contributed by atoms with van der Waals surface area (Å²) in [5, 5.41) is 11.6. The first kappa shape index (κ1) is 11.4. The molecule has 1 aliphatic rings. The number of rotatable bonds is 4. The number of aromatic amines is 1. The summed E-state index contributed by atoms with van der Waals surface area (Å²) >= 11 is 0. The molecule has 1 aliphatic heterocycles. The molecule has 1 unspecified atom stereocenters. The van der Waals surface area contributed by atoms with Gasteiger partial charge in [0.15, 0.2) is 0 Å². The van der Waals surface area contributed by atoms with Crippen molar-refractivity contribution in [1.82, 2.24) is 30.0 Å². The molecule has 1 atom stereocenters. The van der Waals surface area contributed by atoms with Crippen molar-refractivity contribution >= 4 is 0 Å². The Morgan fingerprint density at radius 2 is 2.50 bits per heavy atom. The average molecular weight is 248 g/mol. The maximum absolute atomic E-state index is 5.09. The molecule has 18 heavy (non-hydrogen) atoms. The maximum atomic E-state index is 5.09. The molecule has 7 nitrogen and oxygen atoms in total. The van der Waals surface area contributed by atoms with Crippen molar-refractivity contribution in [3.05, 3.63) is 29.9 Å². The molecule has 0 spiro atoms. The first-order chi connectivity index (χ1) is 8.88. The molecular formula is C11H16N6O. The van der Waals surface area contributed by atoms with Gasteiger partial charge in [-0.15, -0.1) is 10.2 Å². The zero-order valence-corrected chi connectivity index (χ0v) is 10.3. The number of aromatic nitrogens is 5. The fraction of sp³-hybridized carbons (Fsp3) is 0.545. The van der Waals surface area contributed by atoms with E-state index in [9.17, 15) is 0 Å². The van der Waals surface area contributed by atoms with E-state index >= 15 is 0 Å². The van der Waals surface area contributed by atoms with Gasteiger partial charge in [0.2, 0.25) is 0 Å². The lowest BCUT2D eigenvalue weighted by atomic mass is 10.0. The Kier molecular flexibility index (Phi) is 3.07. The van der Waals surface area contributed by atoms with E-state index in [0.29, 0.717) is 6.61 Å². The number of methoxy groups -OCH3 is 1. The van der Waals surface area contributed by atoms with Crippen LogP contribution in [0.5, 0.6) is 0 Å². The topological polar surface area (TPSA) is 80.7 Å². The van der Waals surface area contributed by atoms with Crippen molar-refractivity contribution < 1.29 is 4.74 Å². The number of ether oxygens (including phenoxy) is 1. The Bertz CT molecular complexity index is 519. The first-order valence-corrected chi connectivity index (χ1v) is 5.99. The van der Waals surface area contributed by atoms with Crippen LogP contribution in [0, 0.1) is 0 Å². The van der Waals surface area contributed by atoms with E-state index in [4.69, 9.17) is 4.74 Å². The molecule has 0 saturated heterocycles. The van der Waals surface area contributed by atoms with E-state index in [0.717, 1.165) is 36.7 Å². The highest BCUT2D eigenvalue weighted by Gasteiger charge is 2.24. The summed E-state index contributed by atoms with van der Waals surface area (Å²) in [6.45, 7) is 2.22. The van der Waals surface area contributed by atoms with Gasteiger partial charge in [0.25, 0.3) is 0 Å². The summed E-state index contributed by atoms with van der Waals surface area (Å²) in [6, 6.07) is 0.167. The average Bonchev–Trinajstić information content (AvgIpc) is 3.03. The molecule has 3 heterocycles. The molecule has 0 radical (unpaired) electrons. The maximum Gasteiger partial charge on any atom is 0.150 e. The van der Waals surface area contributed by atoms with E-state index in [2.05, 4.69) is 25.5 Å². The van der Waals surface area contributed by atoms with Crippen LogP contribution in [-0.2, 0) is 24.2 Å². The predicted molar refractivity (Wildman–Crippen MR) is 63.8 cm³/mol. The Labute approximate surface area is 105 Å². The van der Waals surface area contributed by atoms with Crippen molar-refractivity contribution in [3.63, 3.8) is 0 Å². The fourth-order valence-electron chi connectivity index (χ4n) is 2.25. The molecule has 0 bridgehead atoms. The lowest BCUT2D eigenvalue weighted by Crippen LogP contribution is -2.31. The van der Waals surface area contributed by atoms with E-state index in [1.165, 1.54) is 0 Å². The zero-order valence-electron chi connectivity index (χ0n) is 10.3. The standard InChI is InChI=1S/C11H16N6O/c1-18-3-2-17-7-15-16-11(17)9-4-8-10(5-12-9)14-6-13-8/h6-7,9,12H,2-5H2,1H3,(H,13,14). The number of H-pyrrole nitrogens is 1. The molecular weight excluding hydrogens is 232 g/mol. The predicted octanol–water partition coefficient (Wildman–Crippen LogP) is 0.0346. The number of imidazole rings is 1. The summed E-state index contributed by atoms with van der Waals surface area (Å²) in [4.78, 5) is 7.47. The van der Waals surface area contributed by atoms with Crippen LogP contribution in [0.3, 0.4) is 0 Å². The third kappa shape index (κ3) is 2.02. The molecule has 0 fully saturated rings. The Balaban J connectivity index is 1.78. The summed E-state index contributed by atoms with van der Waals surface area (Å²) < 4.78 is 7.11. The normalized spacial score (nSPS) is 18.8. The lowest BCUT2D eigenvalue weighted by Gasteiger charge is -2.22. The van der Waals surface area contributed by atoms with Crippen LogP contribution in [0.25, 0.3) is 0 Å². The Morgan fingerprint density at radius 3 is 3.39 bits per heavy atom. The second-order valence-electron chi connectivity index (χ2n) is 4.34. The number of nitrogens with zero attached hydrogens (tertiary/aromatic N) is 4. The van der Waals surface area contributed by atoms with Gasteiger partial charge in [-0.25, -0.2) is 4.98 Å². The number of fused-ring (bicyclic) bond motifs is 1. The lowest BCUT2D eigenvalue weighted by molar-refractivity contribution is 0.185. The van der Waals surface area contributed by atoms with Crippen molar-refractivity contribution in [2.45, 2.75) is 25.6 Å². The minimum Gasteiger partial charge on any atom is -0.383 e. The Morgan fingerprint density at radius 1 is 1.56 bits per heavy atom. The fourth-order valence-corrected chi connectivity index (χ4v) is 2.25. The highest BCUT2D eigenvalue weighted by Crippen LogP contribution is 2.22. The molecule has 7 heteroatoms. The molecule has 0 saturated carbocycles. The second-order valence-corrected chi connectivity index (χ2v) is 4.34. The zero-order chi connectivity index (χ0) is 12.4. The summed E-state index contributed by atoms with van der Waals surface area (Å²) in [6.07, 6.45) is 4.32. The highest BCUT2D eigenvalue weighted by molar-refractivity contribution is 5.18. The van der Waals surface area contributed by atoms with Crippen LogP contribution in [-0.4, -0.2) is 38.4 Å². The number of nitrogens with one attached hydrogen (secondary N) is 2. The van der Waals surface area contributed by atoms with Crippen LogP contribution in [0.2, 0.25) is 0 Å². The third-order valence-corrected chi connectivity index (χ3v) is 3.22. The minimum atomic E-state index is 0.167. The smallest absolute Gasteiger partial charge is 0.150 e. The van der Waals surface area contributed by atoms with E-state index in [1.54, 1.807) is 19.8 Å². The summed E-state index contributed by atoms with van der Waals surface area (Å²) in [5.74, 6) is 0.945. The molecule has 0 aliphatic carbocycles. The van der Waals surface area contributed by atoms with E-state index in [1.807, 2.05) is 4.57 Å². The Hall–Kier alpha value is -1.73. The third-order valence-electron chi connectivity index (χ3n) is 3.22. The van der Waals surface area contributed by atoms with Gasteiger partial charge < -0.3 is 19.6 Å². The molecule has 0 aromatic carbocycles. The summed E-state index contributed by atoms with van der Waals surface area (Å²) in [7, 11) is 1.69. The van der Waals surface area contributed by atoms with Crippen LogP contribution >= 0.6 is 0 Å². The molecule has 0 amide bonds. The van der Waals surface area contributed by atoms with Gasteiger partial charge in [-0.2, -0.15) is 0 Å². The molecule has 2 N–H and O–H groups in total. The van der Waals surface area contributed by atoms with Gasteiger partial charge in [0.05, 0.1) is 30.4 Å². The van der Waals surface area contributed by atoms with Crippen LogP contribution < -0.4 is 5.32 Å². The molecule has 2 aromatic heterocycles. The van der Waals surface area contributed by atoms with Crippen molar-refractivity contribution in [2.24, 2.45) is 0 Å². The monoisotopic (exact) mass is 248 g/mol. The SMILES string of the molecule is COCCn1cnnc1C1Cc2nc[nH]c2CN1. The van der Waals surface area contributed by atoms with Crippen molar-refractivity contribution in [3.8, 4) is 0 Å². The van der Waals surface area contributed by atoms with Crippen LogP contribution in [0.15, 0.2) is 12.7 Å². The molecule has 2 aromatic rings. The van der Waals surface area contributed by atoms with Crippen LogP contribution in [0.4, 0.5) is 0 Å². The van der Waals surface area contributed by atoms with E-state index < -0.39 is 0 Å². The summed E-state index contributed by atoms with van der Waals surface area (Å²) in [5.41, 5.74) is 2.27. The van der Waals surface area contributed by atoms with Gasteiger partial charge in [-0.05, 0) is 0 Å². The quantitative estimate of drug-likeness (QED) is 0.798. The largest absolute Gasteiger partial charge is 0.383 e. The van der Waals surface area contributed by atoms with Gasteiger partial charge >= 0.3 is 0 Å². The minimum absolute atomic E-state index is 0.167. The highest BCUT2D eigenvalue weighted by atomic mass is 16.5. The van der Waals surface area contributed by atoms with E-state index in [-0.39, 0.29) is 6.04 Å². The number of hydrogen-bond acceptors (Lipinski definition) is 5. The van der Waals surface area contributed by atoms with Gasteiger partial charge in [0, 0.05) is 26.6 Å². The van der Waals surface area contributed by atoms with Crippen molar-refractivity contribution in [1.29, 1.82) is 0 Å². The van der Waals surface area contributed by atoms with Crippen molar-refractivity contribution in [2.75, 3.05) is 13.7 Å². The van der Waals surface area contributed by atoms with Gasteiger partial charge in [0.1, 0.15) is 12.2 Å². The molecule has 96 valence electrons. The number of hydrogen-bond donors (Lipinski definition) is 2.